The number of amides is 1. The molecule has 2 N–H and O–H groups in total. The predicted molar refractivity (Wildman–Crippen MR) is 62.9 cm³/mol. The first-order valence-electron chi connectivity index (χ1n) is 5.10. The van der Waals surface area contributed by atoms with Gasteiger partial charge in [0.2, 0.25) is 0 Å². The van der Waals surface area contributed by atoms with Crippen LogP contribution in [-0.4, -0.2) is 42.7 Å². The Morgan fingerprint density at radius 3 is 3.00 bits per heavy atom. The lowest BCUT2D eigenvalue weighted by molar-refractivity contribution is -0.141. The molecule has 3 rings (SSSR count). The fourth-order valence-corrected chi connectivity index (χ4v) is 3.19. The summed E-state index contributed by atoms with van der Waals surface area (Å²) in [5.41, 5.74) is 1.94. The Hall–Kier alpha value is -2.09. The van der Waals surface area contributed by atoms with E-state index in [1.54, 1.807) is 6.92 Å². The van der Waals surface area contributed by atoms with Crippen molar-refractivity contribution in [1.29, 1.82) is 0 Å². The van der Waals surface area contributed by atoms with E-state index in [9.17, 15) is 9.59 Å². The van der Waals surface area contributed by atoms with Gasteiger partial charge in [0.15, 0.2) is 0 Å². The molecular weight excluding hydrogens is 256 g/mol. The van der Waals surface area contributed by atoms with E-state index >= 15 is 0 Å². The highest BCUT2D eigenvalue weighted by molar-refractivity contribution is 8.03. The van der Waals surface area contributed by atoms with Crippen LogP contribution in [0.2, 0.25) is 0 Å². The summed E-state index contributed by atoms with van der Waals surface area (Å²) in [6.45, 7) is 1.78. The molecule has 3 heterocycles. The van der Waals surface area contributed by atoms with Crippen molar-refractivity contribution in [1.82, 2.24) is 20.3 Å². The maximum Gasteiger partial charge on any atom is 0.353 e. The Labute approximate surface area is 106 Å². The van der Waals surface area contributed by atoms with E-state index in [0.717, 1.165) is 5.57 Å². The monoisotopic (exact) mass is 264 g/mol. The number of rotatable bonds is 2. The van der Waals surface area contributed by atoms with Crippen LogP contribution in [0.25, 0.3) is 5.57 Å². The Bertz CT molecular complexity index is 605. The predicted octanol–water partition coefficient (Wildman–Crippen LogP) is 0.419. The average molecular weight is 264 g/mol. The van der Waals surface area contributed by atoms with Gasteiger partial charge in [0.05, 0.1) is 11.8 Å². The highest BCUT2D eigenvalue weighted by Crippen LogP contribution is 2.46. The van der Waals surface area contributed by atoms with Gasteiger partial charge in [-0.05, 0) is 12.5 Å². The molecule has 18 heavy (non-hydrogen) atoms. The lowest BCUT2D eigenvalue weighted by Gasteiger charge is -2.38. The molecule has 1 saturated heterocycles. The molecular formula is C10H8N4O3S. The maximum atomic E-state index is 12.0. The minimum atomic E-state index is -1.09. The van der Waals surface area contributed by atoms with Gasteiger partial charge in [0.25, 0.3) is 5.91 Å². The summed E-state index contributed by atoms with van der Waals surface area (Å²) in [5.74, 6) is -1.37. The summed E-state index contributed by atoms with van der Waals surface area (Å²) in [6, 6.07) is 0. The van der Waals surface area contributed by atoms with Crippen LogP contribution in [0.5, 0.6) is 0 Å². The minimum absolute atomic E-state index is 0.0340. The van der Waals surface area contributed by atoms with Gasteiger partial charge in [0.1, 0.15) is 16.8 Å². The van der Waals surface area contributed by atoms with Crippen LogP contribution in [0.1, 0.15) is 12.6 Å². The molecule has 7 nitrogen and oxygen atoms in total. The smallest absolute Gasteiger partial charge is 0.353 e. The van der Waals surface area contributed by atoms with E-state index in [1.807, 2.05) is 0 Å². The van der Waals surface area contributed by atoms with Crippen molar-refractivity contribution in [3.63, 3.8) is 0 Å². The molecule has 1 atom stereocenters. The third-order valence-corrected chi connectivity index (χ3v) is 3.98. The molecule has 1 fully saturated rings. The van der Waals surface area contributed by atoms with E-state index in [0.29, 0.717) is 11.3 Å². The molecule has 0 saturated carbocycles. The van der Waals surface area contributed by atoms with E-state index in [4.69, 9.17) is 5.11 Å². The SMILES string of the molecule is CC(=C1C(=O)N2C(C(=O)O)=CS[C@@H]12)c1cn[nH]n1. The fraction of sp³-hybridized carbons (Fsp3) is 0.200. The molecule has 0 bridgehead atoms. The van der Waals surface area contributed by atoms with Gasteiger partial charge in [0, 0.05) is 5.41 Å². The van der Waals surface area contributed by atoms with E-state index < -0.39 is 5.97 Å². The molecule has 2 aliphatic rings. The number of carboxylic acid groups (broad SMARTS) is 1. The van der Waals surface area contributed by atoms with Gasteiger partial charge >= 0.3 is 5.97 Å². The van der Waals surface area contributed by atoms with Crippen LogP contribution in [-0.2, 0) is 9.59 Å². The molecule has 0 radical (unpaired) electrons. The van der Waals surface area contributed by atoms with Crippen molar-refractivity contribution in [3.05, 3.63) is 28.6 Å². The lowest BCUT2D eigenvalue weighted by Crippen LogP contribution is -2.51. The topological polar surface area (TPSA) is 99.2 Å². The van der Waals surface area contributed by atoms with Gasteiger partial charge < -0.3 is 5.11 Å². The summed E-state index contributed by atoms with van der Waals surface area (Å²) in [5, 5.41) is 20.3. The molecule has 1 aromatic rings. The standard InChI is InChI=1S/C10H8N4O3S/c1-4(5-2-11-13-12-5)7-8(15)14-6(10(16)17)3-18-9(7)14/h2-3,9H,1H3,(H,16,17)(H,11,12,13)/t9-/m0/s1. The number of fused-ring (bicyclic) bond motifs is 1. The molecule has 1 amide bonds. The average Bonchev–Trinajstić information content (AvgIpc) is 2.95. The number of β-lactam (4-membered cyclic amide) rings is 1. The number of allylic oxidation sites excluding steroid dienone is 1. The van der Waals surface area contributed by atoms with Gasteiger partial charge in [-0.3, -0.25) is 9.69 Å². The zero-order valence-electron chi connectivity index (χ0n) is 9.25. The number of carbonyl (C=O) groups excluding carboxylic acids is 1. The largest absolute Gasteiger partial charge is 0.477 e. The zero-order chi connectivity index (χ0) is 12.9. The Kier molecular flexibility index (Phi) is 2.27. The number of hydrogen-bond acceptors (Lipinski definition) is 5. The fourth-order valence-electron chi connectivity index (χ4n) is 1.97. The van der Waals surface area contributed by atoms with Crippen LogP contribution in [0.3, 0.4) is 0 Å². The molecule has 0 aromatic carbocycles. The molecule has 1 aromatic heterocycles. The van der Waals surface area contributed by atoms with Crippen molar-refractivity contribution < 1.29 is 14.7 Å². The van der Waals surface area contributed by atoms with Gasteiger partial charge in [-0.1, -0.05) is 0 Å². The number of aromatic nitrogens is 3. The molecule has 0 aliphatic carbocycles. The Morgan fingerprint density at radius 1 is 1.61 bits per heavy atom. The summed E-state index contributed by atoms with van der Waals surface area (Å²) in [4.78, 5) is 24.2. The number of nitrogens with one attached hydrogen (secondary N) is 1. The first-order chi connectivity index (χ1) is 8.61. The number of carbonyl (C=O) groups is 2. The molecule has 2 aliphatic heterocycles. The van der Waals surface area contributed by atoms with Crippen molar-refractivity contribution in [2.75, 3.05) is 0 Å². The number of carboxylic acids is 1. The highest BCUT2D eigenvalue weighted by Gasteiger charge is 2.50. The number of aromatic amines is 1. The number of thioether (sulfide) groups is 1. The third kappa shape index (κ3) is 1.32. The van der Waals surface area contributed by atoms with Crippen LogP contribution in [0, 0.1) is 0 Å². The van der Waals surface area contributed by atoms with Gasteiger partial charge in [-0.15, -0.1) is 11.8 Å². The van der Waals surface area contributed by atoms with Crippen LogP contribution in [0.4, 0.5) is 0 Å². The van der Waals surface area contributed by atoms with Crippen molar-refractivity contribution in [2.45, 2.75) is 12.3 Å². The normalized spacial score (nSPS) is 24.5. The van der Waals surface area contributed by atoms with Gasteiger partial charge in [-0.2, -0.15) is 15.4 Å². The molecule has 8 heteroatoms. The summed E-state index contributed by atoms with van der Waals surface area (Å²) < 4.78 is 0. The molecule has 92 valence electrons. The number of hydrogen-bond donors (Lipinski definition) is 2. The summed E-state index contributed by atoms with van der Waals surface area (Å²) >= 11 is 1.31. The summed E-state index contributed by atoms with van der Waals surface area (Å²) in [7, 11) is 0. The Morgan fingerprint density at radius 2 is 2.39 bits per heavy atom. The first kappa shape index (κ1) is 11.0. The van der Waals surface area contributed by atoms with Crippen LogP contribution in [0.15, 0.2) is 22.9 Å². The Balaban J connectivity index is 1.95. The number of aliphatic carboxylic acids is 1. The maximum absolute atomic E-state index is 12.0. The van der Waals surface area contributed by atoms with Crippen molar-refractivity contribution in [2.24, 2.45) is 0 Å². The highest BCUT2D eigenvalue weighted by atomic mass is 32.2. The quantitative estimate of drug-likeness (QED) is 0.593. The zero-order valence-corrected chi connectivity index (χ0v) is 10.1. The second kappa shape index (κ2) is 3.70. The van der Waals surface area contributed by atoms with Crippen molar-refractivity contribution >= 4 is 29.2 Å². The van der Waals surface area contributed by atoms with E-state index in [-0.39, 0.29) is 17.0 Å². The van der Waals surface area contributed by atoms with E-state index in [2.05, 4.69) is 15.4 Å². The molecule has 0 spiro atoms. The molecule has 0 unspecified atom stereocenters. The van der Waals surface area contributed by atoms with Crippen LogP contribution < -0.4 is 0 Å². The second-order valence-corrected chi connectivity index (χ2v) is 4.82. The van der Waals surface area contributed by atoms with E-state index in [1.165, 1.54) is 28.3 Å². The summed E-state index contributed by atoms with van der Waals surface area (Å²) in [6.07, 6.45) is 1.53. The minimum Gasteiger partial charge on any atom is -0.477 e. The van der Waals surface area contributed by atoms with Crippen molar-refractivity contribution in [3.8, 4) is 0 Å². The number of nitrogens with zero attached hydrogens (tertiary/aromatic N) is 3. The van der Waals surface area contributed by atoms with Crippen LogP contribution >= 0.6 is 11.8 Å². The lowest BCUT2D eigenvalue weighted by atomic mass is 9.98. The number of H-pyrrole nitrogens is 1. The second-order valence-electron chi connectivity index (χ2n) is 3.87. The van der Waals surface area contributed by atoms with Gasteiger partial charge in [-0.25, -0.2) is 4.79 Å². The third-order valence-electron chi connectivity index (χ3n) is 2.92. The first-order valence-corrected chi connectivity index (χ1v) is 6.05.